The fraction of sp³-hybridized carbons (Fsp3) is 1.00. The summed E-state index contributed by atoms with van der Waals surface area (Å²) in [6.07, 6.45) is 11.7. The fourth-order valence-electron chi connectivity index (χ4n) is 4.26. The average Bonchev–Trinajstić information content (AvgIpc) is 3.27. The van der Waals surface area contributed by atoms with Crippen LogP contribution in [0.4, 0.5) is 0 Å². The minimum absolute atomic E-state index is 0.786. The molecule has 110 valence electrons. The molecular formula is C17H32N2. The van der Waals surface area contributed by atoms with Crippen molar-refractivity contribution in [2.45, 2.75) is 64.3 Å². The van der Waals surface area contributed by atoms with Crippen LogP contribution in [0.3, 0.4) is 0 Å². The lowest BCUT2D eigenvalue weighted by atomic mass is 9.83. The van der Waals surface area contributed by atoms with E-state index in [1.54, 1.807) is 0 Å². The Hall–Kier alpha value is -0.0800. The van der Waals surface area contributed by atoms with Crippen molar-refractivity contribution in [1.29, 1.82) is 0 Å². The van der Waals surface area contributed by atoms with Gasteiger partial charge >= 0.3 is 0 Å². The predicted molar refractivity (Wildman–Crippen MR) is 81.3 cm³/mol. The molecule has 2 saturated carbocycles. The highest BCUT2D eigenvalue weighted by atomic mass is 15.2. The Balaban J connectivity index is 1.52. The summed E-state index contributed by atoms with van der Waals surface area (Å²) in [5, 5.41) is 3.86. The third-order valence-corrected chi connectivity index (χ3v) is 5.70. The van der Waals surface area contributed by atoms with E-state index in [4.69, 9.17) is 0 Å². The van der Waals surface area contributed by atoms with Gasteiger partial charge in [0.1, 0.15) is 0 Å². The normalized spacial score (nSPS) is 33.0. The van der Waals surface area contributed by atoms with Crippen LogP contribution in [0.25, 0.3) is 0 Å². The molecule has 1 N–H and O–H groups in total. The van der Waals surface area contributed by atoms with E-state index in [0.717, 1.165) is 23.8 Å². The highest BCUT2D eigenvalue weighted by Crippen LogP contribution is 2.37. The Kier molecular flexibility index (Phi) is 4.81. The third kappa shape index (κ3) is 3.95. The van der Waals surface area contributed by atoms with Gasteiger partial charge in [-0.2, -0.15) is 0 Å². The van der Waals surface area contributed by atoms with Crippen molar-refractivity contribution in [2.75, 3.05) is 26.2 Å². The van der Waals surface area contributed by atoms with E-state index in [0.29, 0.717) is 0 Å². The maximum absolute atomic E-state index is 3.86. The van der Waals surface area contributed by atoms with Crippen molar-refractivity contribution in [3.63, 3.8) is 0 Å². The first kappa shape index (κ1) is 13.9. The SMILES string of the molecule is CC(CN1CCCNC(C2CCCCC2)C1)C1CC1. The number of rotatable bonds is 4. The van der Waals surface area contributed by atoms with Crippen LogP contribution in [0.5, 0.6) is 0 Å². The maximum atomic E-state index is 3.86. The third-order valence-electron chi connectivity index (χ3n) is 5.70. The van der Waals surface area contributed by atoms with E-state index in [2.05, 4.69) is 17.1 Å². The van der Waals surface area contributed by atoms with E-state index in [-0.39, 0.29) is 0 Å². The molecule has 2 atom stereocenters. The van der Waals surface area contributed by atoms with Crippen LogP contribution in [0.2, 0.25) is 0 Å². The van der Waals surface area contributed by atoms with Crippen LogP contribution < -0.4 is 5.32 Å². The number of nitrogens with one attached hydrogen (secondary N) is 1. The summed E-state index contributed by atoms with van der Waals surface area (Å²) in [6, 6.07) is 0.786. The zero-order chi connectivity index (χ0) is 13.1. The second-order valence-corrected chi connectivity index (χ2v) is 7.39. The molecule has 0 bridgehead atoms. The topological polar surface area (TPSA) is 15.3 Å². The minimum Gasteiger partial charge on any atom is -0.312 e. The van der Waals surface area contributed by atoms with Crippen LogP contribution in [-0.4, -0.2) is 37.1 Å². The number of nitrogens with zero attached hydrogens (tertiary/aromatic N) is 1. The van der Waals surface area contributed by atoms with E-state index in [1.807, 2.05) is 0 Å². The van der Waals surface area contributed by atoms with Gasteiger partial charge in [0.05, 0.1) is 0 Å². The van der Waals surface area contributed by atoms with Gasteiger partial charge in [-0.15, -0.1) is 0 Å². The van der Waals surface area contributed by atoms with Crippen LogP contribution in [0.1, 0.15) is 58.3 Å². The monoisotopic (exact) mass is 264 g/mol. The van der Waals surface area contributed by atoms with Gasteiger partial charge < -0.3 is 10.2 Å². The molecule has 1 aliphatic heterocycles. The quantitative estimate of drug-likeness (QED) is 0.838. The molecule has 1 heterocycles. The molecule has 0 aromatic rings. The van der Waals surface area contributed by atoms with Crippen molar-refractivity contribution < 1.29 is 0 Å². The first-order chi connectivity index (χ1) is 9.33. The summed E-state index contributed by atoms with van der Waals surface area (Å²) in [7, 11) is 0. The lowest BCUT2D eigenvalue weighted by Gasteiger charge is -2.33. The number of hydrogen-bond acceptors (Lipinski definition) is 2. The summed E-state index contributed by atoms with van der Waals surface area (Å²) < 4.78 is 0. The van der Waals surface area contributed by atoms with Gasteiger partial charge in [-0.05, 0) is 62.9 Å². The van der Waals surface area contributed by atoms with Crippen LogP contribution >= 0.6 is 0 Å². The molecule has 2 heteroatoms. The summed E-state index contributed by atoms with van der Waals surface area (Å²) in [4.78, 5) is 2.78. The van der Waals surface area contributed by atoms with Crippen molar-refractivity contribution in [1.82, 2.24) is 10.2 Å². The molecular weight excluding hydrogens is 232 g/mol. The standard InChI is InChI=1S/C17H32N2/c1-14(15-8-9-15)12-19-11-5-10-18-17(13-19)16-6-3-2-4-7-16/h14-18H,2-13H2,1H3. The Morgan fingerprint density at radius 1 is 1.05 bits per heavy atom. The fourth-order valence-corrected chi connectivity index (χ4v) is 4.26. The largest absolute Gasteiger partial charge is 0.312 e. The average molecular weight is 264 g/mol. The minimum atomic E-state index is 0.786. The Morgan fingerprint density at radius 2 is 1.84 bits per heavy atom. The molecule has 0 radical (unpaired) electrons. The van der Waals surface area contributed by atoms with Crippen molar-refractivity contribution >= 4 is 0 Å². The van der Waals surface area contributed by atoms with Crippen molar-refractivity contribution in [3.05, 3.63) is 0 Å². The van der Waals surface area contributed by atoms with Crippen molar-refractivity contribution in [2.24, 2.45) is 17.8 Å². The molecule has 1 saturated heterocycles. The van der Waals surface area contributed by atoms with Gasteiger partial charge in [0, 0.05) is 19.1 Å². The molecule has 2 nitrogen and oxygen atoms in total. The zero-order valence-electron chi connectivity index (χ0n) is 12.7. The van der Waals surface area contributed by atoms with Gasteiger partial charge in [-0.1, -0.05) is 26.2 Å². The molecule has 0 spiro atoms. The Labute approximate surface area is 119 Å². The van der Waals surface area contributed by atoms with E-state index >= 15 is 0 Å². The maximum Gasteiger partial charge on any atom is 0.0223 e. The highest BCUT2D eigenvalue weighted by Gasteiger charge is 2.31. The van der Waals surface area contributed by atoms with E-state index in [1.165, 1.54) is 77.5 Å². The molecule has 19 heavy (non-hydrogen) atoms. The van der Waals surface area contributed by atoms with Crippen LogP contribution in [0, 0.1) is 17.8 Å². The lowest BCUT2D eigenvalue weighted by Crippen LogP contribution is -2.44. The Morgan fingerprint density at radius 3 is 2.58 bits per heavy atom. The summed E-state index contributed by atoms with van der Waals surface area (Å²) in [5.41, 5.74) is 0. The zero-order valence-corrected chi connectivity index (χ0v) is 12.7. The van der Waals surface area contributed by atoms with Gasteiger partial charge in [0.15, 0.2) is 0 Å². The second-order valence-electron chi connectivity index (χ2n) is 7.39. The summed E-state index contributed by atoms with van der Waals surface area (Å²) in [6.45, 7) is 7.73. The van der Waals surface area contributed by atoms with E-state index in [9.17, 15) is 0 Å². The second kappa shape index (κ2) is 6.58. The van der Waals surface area contributed by atoms with Gasteiger partial charge in [0.2, 0.25) is 0 Å². The predicted octanol–water partition coefficient (Wildman–Crippen LogP) is 3.28. The van der Waals surface area contributed by atoms with Crippen LogP contribution in [0.15, 0.2) is 0 Å². The molecule has 3 aliphatic rings. The highest BCUT2D eigenvalue weighted by molar-refractivity contribution is 4.87. The first-order valence-corrected chi connectivity index (χ1v) is 8.78. The summed E-state index contributed by atoms with van der Waals surface area (Å²) in [5.74, 6) is 2.96. The summed E-state index contributed by atoms with van der Waals surface area (Å²) >= 11 is 0. The Bertz CT molecular complexity index is 268. The molecule has 3 fully saturated rings. The molecule has 0 amide bonds. The molecule has 2 aliphatic carbocycles. The van der Waals surface area contributed by atoms with Gasteiger partial charge in [-0.3, -0.25) is 0 Å². The number of hydrogen-bond donors (Lipinski definition) is 1. The first-order valence-electron chi connectivity index (χ1n) is 8.78. The van der Waals surface area contributed by atoms with Crippen LogP contribution in [-0.2, 0) is 0 Å². The molecule has 2 unspecified atom stereocenters. The lowest BCUT2D eigenvalue weighted by molar-refractivity contribution is 0.184. The van der Waals surface area contributed by atoms with E-state index < -0.39 is 0 Å². The molecule has 0 aromatic heterocycles. The van der Waals surface area contributed by atoms with Gasteiger partial charge in [0.25, 0.3) is 0 Å². The molecule has 3 rings (SSSR count). The molecule has 0 aromatic carbocycles. The van der Waals surface area contributed by atoms with Crippen molar-refractivity contribution in [3.8, 4) is 0 Å². The smallest absolute Gasteiger partial charge is 0.0223 e. The van der Waals surface area contributed by atoms with Gasteiger partial charge in [-0.25, -0.2) is 0 Å².